The topological polar surface area (TPSA) is 79.7 Å². The molecule has 1 aromatic rings. The summed E-state index contributed by atoms with van der Waals surface area (Å²) in [5.41, 5.74) is 6.10. The van der Waals surface area contributed by atoms with Gasteiger partial charge in [0.2, 0.25) is 0 Å². The van der Waals surface area contributed by atoms with Crippen LogP contribution < -0.4 is 11.1 Å². The first-order valence-corrected chi connectivity index (χ1v) is 4.21. The molecule has 5 heteroatoms. The molecule has 3 N–H and O–H groups in total. The molecule has 0 amide bonds. The molecule has 1 saturated carbocycles. The first-order valence-electron chi connectivity index (χ1n) is 4.21. The molecular weight excluding hydrogens is 166 g/mol. The monoisotopic (exact) mass is 177 g/mol. The van der Waals surface area contributed by atoms with Crippen molar-refractivity contribution in [3.8, 4) is 6.07 Å². The molecule has 0 unspecified atom stereocenters. The molecular formula is C8H11N5. The highest BCUT2D eigenvalue weighted by molar-refractivity contribution is 5.64. The molecule has 0 aromatic carbocycles. The molecule has 1 aliphatic rings. The summed E-state index contributed by atoms with van der Waals surface area (Å²) in [5.74, 6) is 1.04. The lowest BCUT2D eigenvalue weighted by molar-refractivity contribution is 0.779. The van der Waals surface area contributed by atoms with E-state index in [9.17, 15) is 0 Å². The van der Waals surface area contributed by atoms with Crippen LogP contribution in [0.5, 0.6) is 0 Å². The standard InChI is InChI=1S/C8H11N5/c1-13-7(10)6(4-9)8(12-13)11-5-2-3-5/h5H,2-3,10H2,1H3,(H,11,12). The number of nitrogens with one attached hydrogen (secondary N) is 1. The Morgan fingerprint density at radius 1 is 1.69 bits per heavy atom. The van der Waals surface area contributed by atoms with Crippen LogP contribution in [0.25, 0.3) is 0 Å². The summed E-state index contributed by atoms with van der Waals surface area (Å²) < 4.78 is 1.52. The van der Waals surface area contributed by atoms with Gasteiger partial charge in [-0.1, -0.05) is 0 Å². The second-order valence-electron chi connectivity index (χ2n) is 3.26. The van der Waals surface area contributed by atoms with Crippen molar-refractivity contribution in [2.75, 3.05) is 11.1 Å². The van der Waals surface area contributed by atoms with Gasteiger partial charge >= 0.3 is 0 Å². The highest BCUT2D eigenvalue weighted by Crippen LogP contribution is 2.27. The molecule has 1 aliphatic carbocycles. The average molecular weight is 177 g/mol. The Morgan fingerprint density at radius 2 is 2.38 bits per heavy atom. The van der Waals surface area contributed by atoms with Crippen LogP contribution in [0.4, 0.5) is 11.6 Å². The third-order valence-corrected chi connectivity index (χ3v) is 2.12. The number of rotatable bonds is 2. The molecule has 0 bridgehead atoms. The Hall–Kier alpha value is -1.70. The molecule has 0 spiro atoms. The van der Waals surface area contributed by atoms with Gasteiger partial charge in [-0.3, -0.25) is 0 Å². The number of nitrogen functional groups attached to an aromatic ring is 1. The summed E-state index contributed by atoms with van der Waals surface area (Å²) in [6.07, 6.45) is 2.31. The normalized spacial score (nSPS) is 15.4. The average Bonchev–Trinajstić information content (AvgIpc) is 2.84. The van der Waals surface area contributed by atoms with E-state index >= 15 is 0 Å². The third-order valence-electron chi connectivity index (χ3n) is 2.12. The lowest BCUT2D eigenvalue weighted by Crippen LogP contribution is -2.03. The summed E-state index contributed by atoms with van der Waals surface area (Å²) in [5, 5.41) is 16.1. The van der Waals surface area contributed by atoms with E-state index in [4.69, 9.17) is 11.0 Å². The van der Waals surface area contributed by atoms with Crippen molar-refractivity contribution in [2.24, 2.45) is 7.05 Å². The van der Waals surface area contributed by atoms with Crippen LogP contribution in [0.2, 0.25) is 0 Å². The predicted molar refractivity (Wildman–Crippen MR) is 49.0 cm³/mol. The number of aromatic nitrogens is 2. The van der Waals surface area contributed by atoms with Crippen LogP contribution in [0.15, 0.2) is 0 Å². The van der Waals surface area contributed by atoms with Gasteiger partial charge < -0.3 is 11.1 Å². The number of aryl methyl sites for hydroxylation is 1. The van der Waals surface area contributed by atoms with E-state index < -0.39 is 0 Å². The number of nitrogens with two attached hydrogens (primary N) is 1. The number of nitriles is 1. The van der Waals surface area contributed by atoms with Crippen molar-refractivity contribution in [3.05, 3.63) is 5.56 Å². The SMILES string of the molecule is Cn1nc(NC2CC2)c(C#N)c1N. The van der Waals surface area contributed by atoms with Crippen LogP contribution >= 0.6 is 0 Å². The zero-order chi connectivity index (χ0) is 9.42. The van der Waals surface area contributed by atoms with Crippen LogP contribution in [0, 0.1) is 11.3 Å². The molecule has 5 nitrogen and oxygen atoms in total. The second kappa shape index (κ2) is 2.66. The fourth-order valence-electron chi connectivity index (χ4n) is 1.17. The molecule has 1 aromatic heterocycles. The highest BCUT2D eigenvalue weighted by Gasteiger charge is 2.24. The van der Waals surface area contributed by atoms with E-state index in [1.165, 1.54) is 4.68 Å². The fraction of sp³-hybridized carbons (Fsp3) is 0.500. The van der Waals surface area contributed by atoms with E-state index in [0.717, 1.165) is 12.8 Å². The summed E-state index contributed by atoms with van der Waals surface area (Å²) in [6.45, 7) is 0. The summed E-state index contributed by atoms with van der Waals surface area (Å²) in [7, 11) is 1.73. The van der Waals surface area contributed by atoms with Crippen LogP contribution in [-0.4, -0.2) is 15.8 Å². The molecule has 1 heterocycles. The summed E-state index contributed by atoms with van der Waals surface area (Å²) >= 11 is 0. The Balaban J connectivity index is 2.32. The van der Waals surface area contributed by atoms with Gasteiger partial charge in [-0.05, 0) is 12.8 Å². The van der Waals surface area contributed by atoms with Gasteiger partial charge in [0.1, 0.15) is 17.5 Å². The zero-order valence-electron chi connectivity index (χ0n) is 7.41. The van der Waals surface area contributed by atoms with E-state index in [1.54, 1.807) is 7.05 Å². The van der Waals surface area contributed by atoms with Crippen molar-refractivity contribution in [1.82, 2.24) is 9.78 Å². The smallest absolute Gasteiger partial charge is 0.168 e. The van der Waals surface area contributed by atoms with Crippen molar-refractivity contribution in [2.45, 2.75) is 18.9 Å². The van der Waals surface area contributed by atoms with E-state index in [0.29, 0.717) is 23.2 Å². The highest BCUT2D eigenvalue weighted by atomic mass is 15.3. The quantitative estimate of drug-likeness (QED) is 0.687. The van der Waals surface area contributed by atoms with Gasteiger partial charge in [-0.25, -0.2) is 4.68 Å². The second-order valence-corrected chi connectivity index (χ2v) is 3.26. The summed E-state index contributed by atoms with van der Waals surface area (Å²) in [6, 6.07) is 2.53. The molecule has 1 fully saturated rings. The fourth-order valence-corrected chi connectivity index (χ4v) is 1.17. The Labute approximate surface area is 76.1 Å². The van der Waals surface area contributed by atoms with Gasteiger partial charge in [0.05, 0.1) is 0 Å². The zero-order valence-corrected chi connectivity index (χ0v) is 7.41. The van der Waals surface area contributed by atoms with Crippen LogP contribution in [-0.2, 0) is 7.05 Å². The molecule has 0 radical (unpaired) electrons. The lowest BCUT2D eigenvalue weighted by Gasteiger charge is -1.97. The van der Waals surface area contributed by atoms with Gasteiger partial charge in [0.25, 0.3) is 0 Å². The van der Waals surface area contributed by atoms with Crippen molar-refractivity contribution < 1.29 is 0 Å². The molecule has 0 aliphatic heterocycles. The molecule has 0 atom stereocenters. The lowest BCUT2D eigenvalue weighted by atomic mass is 10.3. The number of nitrogens with zero attached hydrogens (tertiary/aromatic N) is 3. The number of anilines is 2. The Bertz CT molecular complexity index is 369. The van der Waals surface area contributed by atoms with Crippen LogP contribution in [0.3, 0.4) is 0 Å². The van der Waals surface area contributed by atoms with Gasteiger partial charge in [-0.15, -0.1) is 0 Å². The van der Waals surface area contributed by atoms with Crippen LogP contribution in [0.1, 0.15) is 18.4 Å². The molecule has 13 heavy (non-hydrogen) atoms. The van der Waals surface area contributed by atoms with Crippen molar-refractivity contribution in [3.63, 3.8) is 0 Å². The van der Waals surface area contributed by atoms with Gasteiger partial charge in [0, 0.05) is 13.1 Å². The minimum atomic E-state index is 0.422. The maximum Gasteiger partial charge on any atom is 0.168 e. The number of hydrogen-bond donors (Lipinski definition) is 2. The van der Waals surface area contributed by atoms with Crippen molar-refractivity contribution in [1.29, 1.82) is 5.26 Å². The maximum atomic E-state index is 8.82. The Kier molecular flexibility index (Phi) is 1.62. The van der Waals surface area contributed by atoms with Gasteiger partial charge in [0.15, 0.2) is 5.82 Å². The number of hydrogen-bond acceptors (Lipinski definition) is 4. The van der Waals surface area contributed by atoms with Gasteiger partial charge in [-0.2, -0.15) is 10.4 Å². The largest absolute Gasteiger partial charge is 0.383 e. The first kappa shape index (κ1) is 7.92. The molecule has 0 saturated heterocycles. The predicted octanol–water partition coefficient (Wildman–Crippen LogP) is 0.448. The Morgan fingerprint density at radius 3 is 2.92 bits per heavy atom. The molecule has 2 rings (SSSR count). The third kappa shape index (κ3) is 1.31. The first-order chi connectivity index (χ1) is 6.22. The minimum Gasteiger partial charge on any atom is -0.383 e. The minimum absolute atomic E-state index is 0.422. The summed E-state index contributed by atoms with van der Waals surface area (Å²) in [4.78, 5) is 0. The van der Waals surface area contributed by atoms with E-state index in [2.05, 4.69) is 10.4 Å². The maximum absolute atomic E-state index is 8.82. The van der Waals surface area contributed by atoms with Crippen molar-refractivity contribution >= 4 is 11.6 Å². The van der Waals surface area contributed by atoms with E-state index in [-0.39, 0.29) is 0 Å². The van der Waals surface area contributed by atoms with E-state index in [1.807, 2.05) is 6.07 Å². The molecule has 68 valence electrons.